The molecule has 0 aliphatic rings. The first-order valence-electron chi connectivity index (χ1n) is 15.1. The molecule has 6 rings (SSSR count). The lowest BCUT2D eigenvalue weighted by Crippen LogP contribution is -2.14. The van der Waals surface area contributed by atoms with Crippen molar-refractivity contribution < 1.29 is 44.6 Å². The fourth-order valence-electron chi connectivity index (χ4n) is 5.81. The van der Waals surface area contributed by atoms with Gasteiger partial charge in [-0.15, -0.1) is 0 Å². The van der Waals surface area contributed by atoms with Gasteiger partial charge in [-0.1, -0.05) is 42.5 Å². The van der Waals surface area contributed by atoms with E-state index in [1.807, 2.05) is 6.07 Å². The Balaban J connectivity index is 1.69. The summed E-state index contributed by atoms with van der Waals surface area (Å²) < 4.78 is 113. The molecule has 0 atom stereocenters. The number of esters is 1. The van der Waals surface area contributed by atoms with Crippen LogP contribution in [0.5, 0.6) is 5.75 Å². The number of hydrogen-bond acceptors (Lipinski definition) is 6. The van der Waals surface area contributed by atoms with Gasteiger partial charge in [0.15, 0.2) is 12.3 Å². The number of methoxy groups -OCH3 is 1. The molecule has 6 aromatic rings. The van der Waals surface area contributed by atoms with Crippen LogP contribution in [0, 0.1) is 35.4 Å². The SMILES string of the molecule is [C-]#[N+]c1cccc(C#N)c1-c1c(-c2cccc(-c3c(F)cc(OCC(=O)OC)cc3F)c2)n(S(=O)(=O)c2ccc(C(F)F)cc2)c2ccc(F)cc12. The van der Waals surface area contributed by atoms with Gasteiger partial charge in [0.2, 0.25) is 0 Å². The summed E-state index contributed by atoms with van der Waals surface area (Å²) >= 11 is 0. The van der Waals surface area contributed by atoms with Gasteiger partial charge in [-0.3, -0.25) is 0 Å². The second-order valence-electron chi connectivity index (χ2n) is 11.2. The van der Waals surface area contributed by atoms with E-state index >= 15 is 13.2 Å². The standard InChI is InChI=1S/C38H22F5N3O5S/c1-45-31-8-4-7-24(19-44)35(31)36-28-16-25(39)11-14-32(28)46(52(48,49)27-12-9-21(10-13-27)38(42)43)37(36)23-6-3-5-22(15-23)34-29(40)17-26(18-30(34)41)51-20-33(47)50-2/h3-18,38H,20H2,2H3. The van der Waals surface area contributed by atoms with Crippen LogP contribution < -0.4 is 4.74 Å². The van der Waals surface area contributed by atoms with Crippen LogP contribution in [0.25, 0.3) is 49.3 Å². The normalized spacial score (nSPS) is 11.3. The smallest absolute Gasteiger partial charge is 0.343 e. The molecule has 1 aromatic heterocycles. The first kappa shape index (κ1) is 35.3. The minimum atomic E-state index is -4.75. The molecule has 0 fully saturated rings. The highest BCUT2D eigenvalue weighted by molar-refractivity contribution is 7.90. The van der Waals surface area contributed by atoms with Gasteiger partial charge in [-0.25, -0.2) is 44.0 Å². The van der Waals surface area contributed by atoms with Crippen LogP contribution in [0.4, 0.5) is 27.6 Å². The average molecular weight is 728 g/mol. The van der Waals surface area contributed by atoms with Crippen molar-refractivity contribution >= 4 is 32.6 Å². The highest BCUT2D eigenvalue weighted by Gasteiger charge is 2.31. The third kappa shape index (κ3) is 6.32. The summed E-state index contributed by atoms with van der Waals surface area (Å²) in [5.41, 5.74) is -1.64. The second kappa shape index (κ2) is 14.0. The number of fused-ring (bicyclic) bond motifs is 1. The number of alkyl halides is 2. The van der Waals surface area contributed by atoms with Crippen LogP contribution in [0.3, 0.4) is 0 Å². The number of carbonyl (C=O) groups excluding carboxylic acids is 1. The number of carbonyl (C=O) groups is 1. The molecule has 52 heavy (non-hydrogen) atoms. The van der Waals surface area contributed by atoms with Crippen molar-refractivity contribution in [2.75, 3.05) is 13.7 Å². The number of benzene rings is 5. The molecular formula is C38H22F5N3O5S. The van der Waals surface area contributed by atoms with Gasteiger partial charge in [-0.05, 0) is 48.0 Å². The molecule has 0 unspecified atom stereocenters. The first-order valence-corrected chi connectivity index (χ1v) is 16.5. The highest BCUT2D eigenvalue weighted by Crippen LogP contribution is 2.48. The minimum Gasteiger partial charge on any atom is -0.482 e. The maximum absolute atomic E-state index is 15.6. The molecule has 0 radical (unpaired) electrons. The van der Waals surface area contributed by atoms with Gasteiger partial charge in [0.25, 0.3) is 16.4 Å². The van der Waals surface area contributed by atoms with E-state index in [4.69, 9.17) is 11.3 Å². The maximum Gasteiger partial charge on any atom is 0.343 e. The first-order chi connectivity index (χ1) is 24.9. The molecule has 0 aliphatic heterocycles. The zero-order valence-electron chi connectivity index (χ0n) is 26.7. The van der Waals surface area contributed by atoms with Gasteiger partial charge in [0.1, 0.15) is 23.2 Å². The third-order valence-electron chi connectivity index (χ3n) is 8.11. The van der Waals surface area contributed by atoms with Crippen molar-refractivity contribution in [1.29, 1.82) is 5.26 Å². The Kier molecular flexibility index (Phi) is 9.52. The largest absolute Gasteiger partial charge is 0.482 e. The van der Waals surface area contributed by atoms with E-state index in [9.17, 15) is 27.3 Å². The topological polar surface area (TPSA) is 103 Å². The van der Waals surface area contributed by atoms with Crippen LogP contribution >= 0.6 is 0 Å². The van der Waals surface area contributed by atoms with Gasteiger partial charge >= 0.3 is 5.97 Å². The molecule has 0 spiro atoms. The lowest BCUT2D eigenvalue weighted by Gasteiger charge is -2.16. The number of halogens is 5. The van der Waals surface area contributed by atoms with Crippen LogP contribution in [-0.2, 0) is 19.6 Å². The van der Waals surface area contributed by atoms with Crippen molar-refractivity contribution in [2.45, 2.75) is 11.3 Å². The Morgan fingerprint density at radius 1 is 0.885 bits per heavy atom. The molecule has 0 bridgehead atoms. The number of nitriles is 1. The summed E-state index contributed by atoms with van der Waals surface area (Å²) in [6, 6.07) is 20.4. The number of nitrogens with zero attached hydrogens (tertiary/aromatic N) is 3. The highest BCUT2D eigenvalue weighted by atomic mass is 32.2. The number of ether oxygens (including phenoxy) is 2. The van der Waals surface area contributed by atoms with E-state index in [-0.39, 0.29) is 55.9 Å². The van der Waals surface area contributed by atoms with Crippen molar-refractivity contribution in [2.24, 2.45) is 0 Å². The zero-order chi connectivity index (χ0) is 37.3. The molecule has 260 valence electrons. The fourth-order valence-corrected chi connectivity index (χ4v) is 7.36. The van der Waals surface area contributed by atoms with E-state index in [1.54, 1.807) is 0 Å². The quantitative estimate of drug-likeness (QED) is 0.0836. The monoisotopic (exact) mass is 727 g/mol. The molecule has 0 saturated carbocycles. The van der Waals surface area contributed by atoms with E-state index in [0.29, 0.717) is 0 Å². The molecule has 8 nitrogen and oxygen atoms in total. The van der Waals surface area contributed by atoms with Crippen LogP contribution in [0.1, 0.15) is 17.6 Å². The van der Waals surface area contributed by atoms with Gasteiger partial charge in [0.05, 0.1) is 41.4 Å². The van der Waals surface area contributed by atoms with E-state index in [0.717, 1.165) is 59.6 Å². The summed E-state index contributed by atoms with van der Waals surface area (Å²) in [6.07, 6.45) is -2.89. The van der Waals surface area contributed by atoms with Gasteiger partial charge < -0.3 is 9.47 Å². The predicted octanol–water partition coefficient (Wildman–Crippen LogP) is 9.21. The summed E-state index contributed by atoms with van der Waals surface area (Å²) in [5, 5.41) is 10.1. The fraction of sp³-hybridized carbons (Fsp3) is 0.0789. The van der Waals surface area contributed by atoms with Crippen molar-refractivity contribution in [1.82, 2.24) is 3.97 Å². The number of aromatic nitrogens is 1. The molecule has 1 heterocycles. The van der Waals surface area contributed by atoms with Crippen LogP contribution in [0.2, 0.25) is 0 Å². The molecule has 5 aromatic carbocycles. The molecule has 0 aliphatic carbocycles. The van der Waals surface area contributed by atoms with E-state index in [2.05, 4.69) is 9.58 Å². The van der Waals surface area contributed by atoms with Crippen LogP contribution in [-0.4, -0.2) is 32.1 Å². The van der Waals surface area contributed by atoms with Crippen LogP contribution in [0.15, 0.2) is 102 Å². The second-order valence-corrected chi connectivity index (χ2v) is 12.9. The summed E-state index contributed by atoms with van der Waals surface area (Å²) in [6.45, 7) is 7.24. The minimum absolute atomic E-state index is 0.00498. The Morgan fingerprint density at radius 3 is 2.19 bits per heavy atom. The molecule has 0 saturated heterocycles. The lowest BCUT2D eigenvalue weighted by atomic mass is 9.92. The summed E-state index contributed by atoms with van der Waals surface area (Å²) in [5.74, 6) is -4.09. The third-order valence-corrected chi connectivity index (χ3v) is 9.84. The Hall–Kier alpha value is -6.51. The summed E-state index contributed by atoms with van der Waals surface area (Å²) in [4.78, 5) is 14.6. The molecular weight excluding hydrogens is 705 g/mol. The average Bonchev–Trinajstić information content (AvgIpc) is 3.47. The Bertz CT molecular complexity index is 2540. The van der Waals surface area contributed by atoms with Crippen molar-refractivity contribution in [3.8, 4) is 45.3 Å². The number of hydrogen-bond donors (Lipinski definition) is 0. The van der Waals surface area contributed by atoms with E-state index in [1.165, 1.54) is 48.5 Å². The zero-order valence-corrected chi connectivity index (χ0v) is 27.5. The maximum atomic E-state index is 15.6. The molecule has 0 amide bonds. The summed E-state index contributed by atoms with van der Waals surface area (Å²) in [7, 11) is -3.64. The van der Waals surface area contributed by atoms with Crippen molar-refractivity contribution in [3.05, 3.63) is 137 Å². The van der Waals surface area contributed by atoms with Gasteiger partial charge in [0, 0.05) is 45.3 Å². The Morgan fingerprint density at radius 2 is 1.56 bits per heavy atom. The van der Waals surface area contributed by atoms with Gasteiger partial charge in [-0.2, -0.15) is 5.26 Å². The van der Waals surface area contributed by atoms with E-state index < -0.39 is 62.5 Å². The predicted molar refractivity (Wildman–Crippen MR) is 181 cm³/mol. The lowest BCUT2D eigenvalue weighted by molar-refractivity contribution is -0.142. The molecule has 14 heteroatoms. The number of rotatable bonds is 9. The van der Waals surface area contributed by atoms with Crippen molar-refractivity contribution in [3.63, 3.8) is 0 Å². The molecule has 0 N–H and O–H groups in total. The Labute approximate surface area is 293 Å².